The molecule has 0 atom stereocenters. The van der Waals surface area contributed by atoms with E-state index in [2.05, 4.69) is 15.5 Å². The van der Waals surface area contributed by atoms with Crippen LogP contribution in [0.25, 0.3) is 17.1 Å². The van der Waals surface area contributed by atoms with Gasteiger partial charge in [-0.05, 0) is 59.0 Å². The summed E-state index contributed by atoms with van der Waals surface area (Å²) >= 11 is 0. The highest BCUT2D eigenvalue weighted by atomic mass is 16.5. The van der Waals surface area contributed by atoms with E-state index in [1.54, 1.807) is 18.9 Å². The van der Waals surface area contributed by atoms with Gasteiger partial charge in [0.25, 0.3) is 0 Å². The zero-order valence-electron chi connectivity index (χ0n) is 11.7. The molecule has 0 N–H and O–H groups in total. The number of tetrazole rings is 1. The van der Waals surface area contributed by atoms with Gasteiger partial charge in [0.2, 0.25) is 0 Å². The van der Waals surface area contributed by atoms with Gasteiger partial charge in [-0.2, -0.15) is 4.68 Å². The van der Waals surface area contributed by atoms with Crippen molar-refractivity contribution in [1.29, 1.82) is 0 Å². The van der Waals surface area contributed by atoms with Crippen LogP contribution in [0.3, 0.4) is 0 Å². The first-order valence-electron chi connectivity index (χ1n) is 6.39. The molecule has 21 heavy (non-hydrogen) atoms. The number of ether oxygens (including phenoxy) is 2. The van der Waals surface area contributed by atoms with Gasteiger partial charge in [-0.25, -0.2) is 0 Å². The Balaban J connectivity index is 1.99. The number of nitrogens with zero attached hydrogens (tertiary/aromatic N) is 4. The molecule has 0 amide bonds. The predicted molar refractivity (Wildman–Crippen MR) is 77.7 cm³/mol. The normalized spacial score (nSPS) is 10.4. The molecule has 0 spiro atoms. The molecule has 0 radical (unpaired) electrons. The van der Waals surface area contributed by atoms with Crippen molar-refractivity contribution in [1.82, 2.24) is 20.2 Å². The fourth-order valence-corrected chi connectivity index (χ4v) is 2.00. The predicted octanol–water partition coefficient (Wildman–Crippen LogP) is 2.35. The van der Waals surface area contributed by atoms with Crippen molar-refractivity contribution in [2.75, 3.05) is 14.2 Å². The summed E-state index contributed by atoms with van der Waals surface area (Å²) < 4.78 is 12.0. The smallest absolute Gasteiger partial charge is 0.187 e. The third-order valence-corrected chi connectivity index (χ3v) is 3.13. The van der Waals surface area contributed by atoms with Gasteiger partial charge in [-0.3, -0.25) is 0 Å². The van der Waals surface area contributed by atoms with E-state index >= 15 is 0 Å². The highest BCUT2D eigenvalue weighted by Crippen LogP contribution is 2.23. The molecule has 3 rings (SSSR count). The Morgan fingerprint density at radius 1 is 0.810 bits per heavy atom. The lowest BCUT2D eigenvalue weighted by Gasteiger charge is -2.06. The molecule has 0 aliphatic heterocycles. The van der Waals surface area contributed by atoms with Crippen LogP contribution >= 0.6 is 0 Å². The van der Waals surface area contributed by atoms with E-state index in [0.717, 1.165) is 22.7 Å². The van der Waals surface area contributed by atoms with Crippen molar-refractivity contribution >= 4 is 0 Å². The Labute approximate surface area is 121 Å². The fraction of sp³-hybridized carbons (Fsp3) is 0.133. The first kappa shape index (κ1) is 13.1. The molecule has 1 heterocycles. The summed E-state index contributed by atoms with van der Waals surface area (Å²) in [5.41, 5.74) is 1.78. The number of aromatic nitrogens is 4. The highest BCUT2D eigenvalue weighted by Gasteiger charge is 2.10. The van der Waals surface area contributed by atoms with Gasteiger partial charge >= 0.3 is 0 Å². The molecule has 6 heteroatoms. The minimum absolute atomic E-state index is 0.669. The number of hydrogen-bond donors (Lipinski definition) is 0. The molecule has 0 saturated heterocycles. The van der Waals surface area contributed by atoms with Gasteiger partial charge in [0.05, 0.1) is 19.9 Å². The maximum atomic E-state index is 5.15. The van der Waals surface area contributed by atoms with Gasteiger partial charge in [0.15, 0.2) is 5.82 Å². The molecule has 0 aliphatic rings. The molecule has 0 bridgehead atoms. The molecule has 1 aromatic heterocycles. The van der Waals surface area contributed by atoms with Crippen LogP contribution in [0, 0.1) is 0 Å². The Morgan fingerprint density at radius 2 is 1.38 bits per heavy atom. The lowest BCUT2D eigenvalue weighted by atomic mass is 10.2. The average Bonchev–Trinajstić information content (AvgIpc) is 3.04. The summed E-state index contributed by atoms with van der Waals surface area (Å²) in [6.45, 7) is 0. The molecule has 2 aromatic carbocycles. The van der Waals surface area contributed by atoms with Gasteiger partial charge in [-0.15, -0.1) is 5.10 Å². The molecule has 3 aromatic rings. The zero-order valence-corrected chi connectivity index (χ0v) is 11.7. The lowest BCUT2D eigenvalue weighted by Crippen LogP contribution is -1.99. The van der Waals surface area contributed by atoms with E-state index < -0.39 is 0 Å². The highest BCUT2D eigenvalue weighted by molar-refractivity contribution is 5.58. The number of benzene rings is 2. The van der Waals surface area contributed by atoms with Crippen LogP contribution in [0.1, 0.15) is 0 Å². The van der Waals surface area contributed by atoms with Crippen molar-refractivity contribution in [2.45, 2.75) is 0 Å². The Kier molecular flexibility index (Phi) is 3.51. The van der Waals surface area contributed by atoms with Gasteiger partial charge in [0, 0.05) is 5.56 Å². The number of rotatable bonds is 4. The van der Waals surface area contributed by atoms with E-state index in [-0.39, 0.29) is 0 Å². The van der Waals surface area contributed by atoms with Crippen molar-refractivity contribution in [3.63, 3.8) is 0 Å². The monoisotopic (exact) mass is 282 g/mol. The van der Waals surface area contributed by atoms with Gasteiger partial charge < -0.3 is 9.47 Å². The van der Waals surface area contributed by atoms with E-state index in [4.69, 9.17) is 9.47 Å². The maximum absolute atomic E-state index is 5.15. The molecular formula is C15H14N4O2. The lowest BCUT2D eigenvalue weighted by molar-refractivity contribution is 0.414. The standard InChI is InChI=1S/C15H14N4O2/c1-20-13-7-3-11(4-8-13)15-16-17-18-19(15)12-5-9-14(21-2)10-6-12/h3-10H,1-2H3. The van der Waals surface area contributed by atoms with Crippen LogP contribution in [0.15, 0.2) is 48.5 Å². The van der Waals surface area contributed by atoms with Crippen molar-refractivity contribution < 1.29 is 9.47 Å². The van der Waals surface area contributed by atoms with E-state index in [0.29, 0.717) is 5.82 Å². The summed E-state index contributed by atoms with van der Waals surface area (Å²) in [5.74, 6) is 2.25. The third kappa shape index (κ3) is 2.55. The van der Waals surface area contributed by atoms with Crippen LogP contribution in [0.2, 0.25) is 0 Å². The second kappa shape index (κ2) is 5.62. The van der Waals surface area contributed by atoms with Crippen LogP contribution in [-0.2, 0) is 0 Å². The van der Waals surface area contributed by atoms with Gasteiger partial charge in [0.1, 0.15) is 11.5 Å². The summed E-state index contributed by atoms with van der Waals surface area (Å²) in [6, 6.07) is 15.1. The third-order valence-electron chi connectivity index (χ3n) is 3.13. The summed E-state index contributed by atoms with van der Waals surface area (Å²) in [5, 5.41) is 11.9. The summed E-state index contributed by atoms with van der Waals surface area (Å²) in [7, 11) is 3.27. The van der Waals surface area contributed by atoms with Crippen LogP contribution in [0.5, 0.6) is 11.5 Å². The fourth-order valence-electron chi connectivity index (χ4n) is 2.00. The second-order valence-corrected chi connectivity index (χ2v) is 4.34. The van der Waals surface area contributed by atoms with Crippen LogP contribution < -0.4 is 9.47 Å². The second-order valence-electron chi connectivity index (χ2n) is 4.34. The number of methoxy groups -OCH3 is 2. The molecular weight excluding hydrogens is 268 g/mol. The molecule has 0 fully saturated rings. The van der Waals surface area contributed by atoms with E-state index in [1.165, 1.54) is 0 Å². The molecule has 0 unspecified atom stereocenters. The SMILES string of the molecule is COc1ccc(-c2nnnn2-c2ccc(OC)cc2)cc1. The largest absolute Gasteiger partial charge is 0.497 e. The van der Waals surface area contributed by atoms with Gasteiger partial charge in [-0.1, -0.05) is 0 Å². The maximum Gasteiger partial charge on any atom is 0.187 e. The van der Waals surface area contributed by atoms with Crippen LogP contribution in [-0.4, -0.2) is 34.4 Å². The van der Waals surface area contributed by atoms with E-state index in [9.17, 15) is 0 Å². The minimum atomic E-state index is 0.669. The minimum Gasteiger partial charge on any atom is -0.497 e. The van der Waals surface area contributed by atoms with E-state index in [1.807, 2.05) is 48.5 Å². The first-order chi connectivity index (χ1) is 10.3. The number of hydrogen-bond acceptors (Lipinski definition) is 5. The first-order valence-corrected chi connectivity index (χ1v) is 6.39. The zero-order chi connectivity index (χ0) is 14.7. The quantitative estimate of drug-likeness (QED) is 0.735. The Morgan fingerprint density at radius 3 is 1.95 bits per heavy atom. The van der Waals surface area contributed by atoms with Crippen molar-refractivity contribution in [3.8, 4) is 28.6 Å². The van der Waals surface area contributed by atoms with Crippen molar-refractivity contribution in [2.24, 2.45) is 0 Å². The molecule has 106 valence electrons. The Hall–Kier alpha value is -2.89. The molecule has 6 nitrogen and oxygen atoms in total. The average molecular weight is 282 g/mol. The van der Waals surface area contributed by atoms with Crippen molar-refractivity contribution in [3.05, 3.63) is 48.5 Å². The molecule has 0 aliphatic carbocycles. The topological polar surface area (TPSA) is 62.1 Å². The summed E-state index contributed by atoms with van der Waals surface area (Å²) in [4.78, 5) is 0. The van der Waals surface area contributed by atoms with Crippen LogP contribution in [0.4, 0.5) is 0 Å². The summed E-state index contributed by atoms with van der Waals surface area (Å²) in [6.07, 6.45) is 0. The molecule has 0 saturated carbocycles. The Bertz CT molecular complexity index is 658.